The first-order valence-corrected chi connectivity index (χ1v) is 12.4. The lowest BCUT2D eigenvalue weighted by Gasteiger charge is -2.19. The number of amides is 1. The van der Waals surface area contributed by atoms with Crippen molar-refractivity contribution in [3.63, 3.8) is 0 Å². The van der Waals surface area contributed by atoms with E-state index in [2.05, 4.69) is 10.0 Å². The summed E-state index contributed by atoms with van der Waals surface area (Å²) in [5.41, 5.74) is 2.28. The molecule has 0 radical (unpaired) electrons. The fraction of sp³-hybridized carbons (Fsp3) is 0.269. The zero-order chi connectivity index (χ0) is 25.4. The number of benzene rings is 3. The molecule has 0 saturated heterocycles. The van der Waals surface area contributed by atoms with Crippen molar-refractivity contribution in [3.05, 3.63) is 83.4 Å². The van der Waals surface area contributed by atoms with Crippen LogP contribution in [0.5, 0.6) is 17.2 Å². The Bertz CT molecular complexity index is 1260. The Labute approximate surface area is 206 Å². The van der Waals surface area contributed by atoms with Gasteiger partial charge >= 0.3 is 0 Å². The van der Waals surface area contributed by atoms with Gasteiger partial charge in [0.1, 0.15) is 11.8 Å². The van der Waals surface area contributed by atoms with Crippen molar-refractivity contribution >= 4 is 15.9 Å². The van der Waals surface area contributed by atoms with Gasteiger partial charge in [0.2, 0.25) is 15.9 Å². The maximum absolute atomic E-state index is 13.2. The average molecular weight is 499 g/mol. The predicted molar refractivity (Wildman–Crippen MR) is 133 cm³/mol. The van der Waals surface area contributed by atoms with Gasteiger partial charge in [0, 0.05) is 6.54 Å². The van der Waals surface area contributed by atoms with Crippen LogP contribution in [0.4, 0.5) is 0 Å². The van der Waals surface area contributed by atoms with E-state index in [0.717, 1.165) is 11.1 Å². The fourth-order valence-corrected chi connectivity index (χ4v) is 4.89. The second-order valence-corrected chi connectivity index (χ2v) is 9.62. The molecule has 9 heteroatoms. The van der Waals surface area contributed by atoms with Gasteiger partial charge in [-0.05, 0) is 60.4 Å². The molecule has 0 aliphatic heterocycles. The number of aryl methyl sites for hydroxylation is 1. The van der Waals surface area contributed by atoms with Gasteiger partial charge in [-0.1, -0.05) is 36.4 Å². The van der Waals surface area contributed by atoms with E-state index >= 15 is 0 Å². The molecule has 1 unspecified atom stereocenters. The van der Waals surface area contributed by atoms with Gasteiger partial charge in [-0.3, -0.25) is 4.79 Å². The summed E-state index contributed by atoms with van der Waals surface area (Å²) in [5, 5.41) is 2.83. The number of nitrogens with one attached hydrogen (secondary N) is 2. The van der Waals surface area contributed by atoms with E-state index in [1.807, 2.05) is 30.3 Å². The molecule has 0 spiro atoms. The van der Waals surface area contributed by atoms with Crippen LogP contribution < -0.4 is 24.2 Å². The van der Waals surface area contributed by atoms with Crippen molar-refractivity contribution in [1.82, 2.24) is 10.0 Å². The zero-order valence-electron chi connectivity index (χ0n) is 20.2. The Morgan fingerprint density at radius 1 is 0.829 bits per heavy atom. The molecule has 0 aliphatic rings. The van der Waals surface area contributed by atoms with Crippen molar-refractivity contribution < 1.29 is 27.4 Å². The lowest BCUT2D eigenvalue weighted by Crippen LogP contribution is -2.47. The Morgan fingerprint density at radius 3 is 2.11 bits per heavy atom. The molecule has 0 aromatic heterocycles. The van der Waals surface area contributed by atoms with Crippen LogP contribution in [0.25, 0.3) is 0 Å². The Hall–Kier alpha value is -3.56. The molecule has 3 aromatic carbocycles. The minimum absolute atomic E-state index is 0.0570. The highest BCUT2D eigenvalue weighted by atomic mass is 32.2. The third-order valence-corrected chi connectivity index (χ3v) is 6.96. The highest BCUT2D eigenvalue weighted by Gasteiger charge is 2.26. The van der Waals surface area contributed by atoms with Gasteiger partial charge in [-0.2, -0.15) is 4.72 Å². The van der Waals surface area contributed by atoms with E-state index in [9.17, 15) is 13.2 Å². The number of rotatable bonds is 11. The largest absolute Gasteiger partial charge is 0.496 e. The van der Waals surface area contributed by atoms with Crippen LogP contribution in [0.1, 0.15) is 16.7 Å². The van der Waals surface area contributed by atoms with Gasteiger partial charge in [0.15, 0.2) is 11.5 Å². The van der Waals surface area contributed by atoms with Crippen LogP contribution in [-0.4, -0.2) is 41.7 Å². The van der Waals surface area contributed by atoms with Gasteiger partial charge < -0.3 is 19.5 Å². The molecular weight excluding hydrogens is 468 g/mol. The second-order valence-electron chi connectivity index (χ2n) is 7.90. The summed E-state index contributed by atoms with van der Waals surface area (Å²) in [7, 11) is 0.623. The Kier molecular flexibility index (Phi) is 8.73. The number of carbonyl (C=O) groups excluding carboxylic acids is 1. The summed E-state index contributed by atoms with van der Waals surface area (Å²) < 4.78 is 44.7. The van der Waals surface area contributed by atoms with Crippen LogP contribution in [0.2, 0.25) is 0 Å². The summed E-state index contributed by atoms with van der Waals surface area (Å²) in [4.78, 5) is 13.2. The molecule has 0 heterocycles. The number of hydrogen-bond donors (Lipinski definition) is 2. The molecule has 8 nitrogen and oxygen atoms in total. The van der Waals surface area contributed by atoms with Crippen LogP contribution in [0, 0.1) is 6.92 Å². The van der Waals surface area contributed by atoms with E-state index in [4.69, 9.17) is 14.2 Å². The maximum Gasteiger partial charge on any atom is 0.241 e. The van der Waals surface area contributed by atoms with Crippen molar-refractivity contribution in [2.45, 2.75) is 30.8 Å². The molecule has 0 fully saturated rings. The molecule has 1 atom stereocenters. The minimum Gasteiger partial charge on any atom is -0.496 e. The standard InChI is InChI=1S/C26H30N2O6S/c1-18-14-21(11-13-23(18)32-2)35(30,31)28-22(15-19-8-6-5-7-9-19)26(29)27-17-20-10-12-24(33-3)25(16-20)34-4/h5-14,16,22,28H,15,17H2,1-4H3,(H,27,29). The van der Waals surface area contributed by atoms with E-state index < -0.39 is 22.0 Å². The van der Waals surface area contributed by atoms with Gasteiger partial charge in [0.25, 0.3) is 0 Å². The van der Waals surface area contributed by atoms with Crippen LogP contribution in [0.15, 0.2) is 71.6 Å². The van der Waals surface area contributed by atoms with Gasteiger partial charge in [0.05, 0.1) is 26.2 Å². The topological polar surface area (TPSA) is 103 Å². The summed E-state index contributed by atoms with van der Waals surface area (Å²) in [6.07, 6.45) is 0.187. The summed E-state index contributed by atoms with van der Waals surface area (Å²) in [6.45, 7) is 1.95. The first kappa shape index (κ1) is 26.1. The molecule has 0 bridgehead atoms. The number of sulfonamides is 1. The van der Waals surface area contributed by atoms with E-state index in [1.54, 1.807) is 38.3 Å². The highest BCUT2D eigenvalue weighted by molar-refractivity contribution is 7.89. The van der Waals surface area contributed by atoms with Crippen molar-refractivity contribution in [2.24, 2.45) is 0 Å². The first-order valence-electron chi connectivity index (χ1n) is 11.0. The maximum atomic E-state index is 13.2. The van der Waals surface area contributed by atoms with Crippen LogP contribution in [-0.2, 0) is 27.8 Å². The van der Waals surface area contributed by atoms with Gasteiger partial charge in [-0.25, -0.2) is 8.42 Å². The molecule has 3 aromatic rings. The molecule has 0 saturated carbocycles. The summed E-state index contributed by atoms with van der Waals surface area (Å²) >= 11 is 0. The van der Waals surface area contributed by atoms with E-state index in [0.29, 0.717) is 22.8 Å². The van der Waals surface area contributed by atoms with Gasteiger partial charge in [-0.15, -0.1) is 0 Å². The van der Waals surface area contributed by atoms with Crippen molar-refractivity contribution in [2.75, 3.05) is 21.3 Å². The smallest absolute Gasteiger partial charge is 0.241 e. The third-order valence-electron chi connectivity index (χ3n) is 5.49. The van der Waals surface area contributed by atoms with E-state index in [-0.39, 0.29) is 17.9 Å². The Morgan fingerprint density at radius 2 is 1.49 bits per heavy atom. The molecule has 0 aliphatic carbocycles. The van der Waals surface area contributed by atoms with Crippen molar-refractivity contribution in [3.8, 4) is 17.2 Å². The normalized spacial score (nSPS) is 12.0. The van der Waals surface area contributed by atoms with Crippen LogP contribution >= 0.6 is 0 Å². The molecular formula is C26H30N2O6S. The lowest BCUT2D eigenvalue weighted by molar-refractivity contribution is -0.122. The SMILES string of the molecule is COc1ccc(S(=O)(=O)NC(Cc2ccccc2)C(=O)NCc2ccc(OC)c(OC)c2)cc1C. The number of ether oxygens (including phenoxy) is 3. The lowest BCUT2D eigenvalue weighted by atomic mass is 10.1. The molecule has 1 amide bonds. The summed E-state index contributed by atoms with van der Waals surface area (Å²) in [6, 6.07) is 18.1. The molecule has 2 N–H and O–H groups in total. The number of carbonyl (C=O) groups is 1. The number of hydrogen-bond acceptors (Lipinski definition) is 6. The van der Waals surface area contributed by atoms with Crippen LogP contribution in [0.3, 0.4) is 0 Å². The van der Waals surface area contributed by atoms with Crippen molar-refractivity contribution in [1.29, 1.82) is 0 Å². The number of methoxy groups -OCH3 is 3. The monoisotopic (exact) mass is 498 g/mol. The average Bonchev–Trinajstić information content (AvgIpc) is 2.87. The molecule has 3 rings (SSSR count). The zero-order valence-corrected chi connectivity index (χ0v) is 21.0. The molecule has 35 heavy (non-hydrogen) atoms. The summed E-state index contributed by atoms with van der Waals surface area (Å²) in [5.74, 6) is 1.25. The predicted octanol–water partition coefficient (Wildman–Crippen LogP) is 3.23. The fourth-order valence-electron chi connectivity index (χ4n) is 3.61. The minimum atomic E-state index is -3.98. The first-order chi connectivity index (χ1) is 16.8. The Balaban J connectivity index is 1.81. The molecule has 186 valence electrons. The third kappa shape index (κ3) is 6.74. The second kappa shape index (κ2) is 11.7. The quantitative estimate of drug-likeness (QED) is 0.421. The van der Waals surface area contributed by atoms with E-state index in [1.165, 1.54) is 26.4 Å². The highest BCUT2D eigenvalue weighted by Crippen LogP contribution is 2.27.